The van der Waals surface area contributed by atoms with Gasteiger partial charge in [0.15, 0.2) is 11.5 Å². The van der Waals surface area contributed by atoms with Crippen LogP contribution < -0.4 is 29.0 Å². The number of ether oxygens (including phenoxy) is 6. The minimum absolute atomic E-state index is 0.0154. The van der Waals surface area contributed by atoms with Crippen LogP contribution in [-0.2, 0) is 4.74 Å². The third kappa shape index (κ3) is 9.92. The number of hydrogen-bond acceptors (Lipinski definition) is 8. The lowest BCUT2D eigenvalue weighted by atomic mass is 9.94. The van der Waals surface area contributed by atoms with Crippen molar-refractivity contribution in [2.75, 3.05) is 40.4 Å². The lowest BCUT2D eigenvalue weighted by Crippen LogP contribution is -2.27. The summed E-state index contributed by atoms with van der Waals surface area (Å²) in [5.74, 6) is 2.01. The van der Waals surface area contributed by atoms with E-state index in [1.54, 1.807) is 57.2 Å². The van der Waals surface area contributed by atoms with Crippen LogP contribution in [0, 0.1) is 0 Å². The maximum atomic E-state index is 12.4. The predicted octanol–water partition coefficient (Wildman–Crippen LogP) is 7.19. The quantitative estimate of drug-likeness (QED) is 0.315. The average molecular weight is 584 g/mol. The van der Waals surface area contributed by atoms with Gasteiger partial charge in [0, 0.05) is 5.56 Å². The van der Waals surface area contributed by atoms with Gasteiger partial charge in [-0.25, -0.2) is 4.79 Å². The van der Waals surface area contributed by atoms with E-state index in [0.717, 1.165) is 0 Å². The summed E-state index contributed by atoms with van der Waals surface area (Å²) in [5.41, 5.74) is 1.70. The topological polar surface area (TPSA) is 105 Å². The van der Waals surface area contributed by atoms with Gasteiger partial charge in [0.05, 0.1) is 34.1 Å². The molecular formula is C33H45NO8. The summed E-state index contributed by atoms with van der Waals surface area (Å²) < 4.78 is 33.3. The maximum Gasteiger partial charge on any atom is 0.412 e. The number of carbonyl (C=O) groups is 1. The van der Waals surface area contributed by atoms with Crippen LogP contribution in [0.4, 0.5) is 10.5 Å². The minimum Gasteiger partial charge on any atom is -0.495 e. The van der Waals surface area contributed by atoms with E-state index in [1.165, 1.54) is 28.4 Å². The molecule has 2 N–H and O–H groups in total. The van der Waals surface area contributed by atoms with Crippen LogP contribution >= 0.6 is 0 Å². The lowest BCUT2D eigenvalue weighted by Gasteiger charge is -2.21. The number of nitrogens with one attached hydrogen (secondary N) is 1. The highest BCUT2D eigenvalue weighted by Crippen LogP contribution is 2.50. The first kappa shape index (κ1) is 35.7. The normalized spacial score (nSPS) is 13.7. The molecule has 1 heterocycles. The van der Waals surface area contributed by atoms with E-state index in [9.17, 15) is 9.90 Å². The molecule has 0 aliphatic carbocycles. The van der Waals surface area contributed by atoms with Gasteiger partial charge in [-0.3, -0.25) is 5.32 Å². The van der Waals surface area contributed by atoms with Gasteiger partial charge in [-0.15, -0.1) is 0 Å². The van der Waals surface area contributed by atoms with Crippen molar-refractivity contribution in [2.24, 2.45) is 0 Å². The predicted molar refractivity (Wildman–Crippen MR) is 168 cm³/mol. The number of aliphatic hydroxyl groups excluding tert-OH is 1. The number of anilines is 1. The second kappa shape index (κ2) is 17.4. The molecule has 2 aromatic carbocycles. The van der Waals surface area contributed by atoms with Crippen LogP contribution in [0.3, 0.4) is 0 Å². The number of aliphatic hydroxyl groups is 1. The minimum atomic E-state index is -0.895. The van der Waals surface area contributed by atoms with Gasteiger partial charge in [0.2, 0.25) is 11.5 Å². The molecule has 0 fully saturated rings. The van der Waals surface area contributed by atoms with Crippen LogP contribution in [0.1, 0.15) is 45.7 Å². The Morgan fingerprint density at radius 2 is 1.55 bits per heavy atom. The van der Waals surface area contributed by atoms with E-state index in [4.69, 9.17) is 28.4 Å². The highest BCUT2D eigenvalue weighted by atomic mass is 16.6. The van der Waals surface area contributed by atoms with Crippen molar-refractivity contribution in [1.82, 2.24) is 0 Å². The smallest absolute Gasteiger partial charge is 0.412 e. The van der Waals surface area contributed by atoms with Gasteiger partial charge in [0.25, 0.3) is 0 Å². The van der Waals surface area contributed by atoms with Crippen LogP contribution in [0.2, 0.25) is 0 Å². The van der Waals surface area contributed by atoms with E-state index in [-0.39, 0.29) is 6.61 Å². The van der Waals surface area contributed by atoms with E-state index in [2.05, 4.69) is 18.5 Å². The van der Waals surface area contributed by atoms with E-state index >= 15 is 0 Å². The molecule has 1 aliphatic heterocycles. The van der Waals surface area contributed by atoms with Crippen LogP contribution in [0.5, 0.6) is 28.7 Å². The standard InChI is InChI=1S/C25H31NO8.C6H8.C2H6/c1-25(2,3)34-24(28)26-18-10-14(8-9-19(18)29-4)16-11-15(27)13-33-21-17(16)12-20(30-5)22(31-6)23(21)32-7;1-3-5-6-4-2;1-2/h8-12,15,27H,13H2,1-7H3,(H,26,28);3-6H,1-2H2;1-2H3/b;6-5-;. The molecule has 1 aliphatic rings. The summed E-state index contributed by atoms with van der Waals surface area (Å²) in [6.45, 7) is 16.3. The molecule has 1 unspecified atom stereocenters. The molecule has 1 amide bonds. The SMILES string of the molecule is C=C/C=C\C=C.CC.COc1ccc(C2=CC(O)COc3c2cc(OC)c(OC)c3OC)cc1NC(=O)OC(C)(C)C. The highest BCUT2D eigenvalue weighted by molar-refractivity contribution is 5.92. The van der Waals surface area contributed by atoms with Gasteiger partial charge >= 0.3 is 6.09 Å². The summed E-state index contributed by atoms with van der Waals surface area (Å²) in [6.07, 6.45) is 7.24. The largest absolute Gasteiger partial charge is 0.495 e. The van der Waals surface area contributed by atoms with Crippen molar-refractivity contribution in [3.63, 3.8) is 0 Å². The Bertz CT molecular complexity index is 1250. The van der Waals surface area contributed by atoms with Crippen molar-refractivity contribution in [3.05, 3.63) is 78.9 Å². The van der Waals surface area contributed by atoms with Crippen molar-refractivity contribution >= 4 is 17.4 Å². The number of fused-ring (bicyclic) bond motifs is 1. The monoisotopic (exact) mass is 583 g/mol. The Kier molecular flexibility index (Phi) is 14.8. The van der Waals surface area contributed by atoms with Crippen molar-refractivity contribution in [1.29, 1.82) is 0 Å². The fourth-order valence-corrected chi connectivity index (χ4v) is 3.77. The maximum absolute atomic E-state index is 12.4. The Balaban J connectivity index is 0.000000979. The summed E-state index contributed by atoms with van der Waals surface area (Å²) in [4.78, 5) is 12.4. The number of allylic oxidation sites excluding steroid dienone is 4. The third-order valence-electron chi connectivity index (χ3n) is 5.36. The first-order valence-electron chi connectivity index (χ1n) is 13.5. The van der Waals surface area contributed by atoms with Gasteiger partial charge in [-0.05, 0) is 56.2 Å². The van der Waals surface area contributed by atoms with Crippen molar-refractivity contribution in [2.45, 2.75) is 46.3 Å². The fourth-order valence-electron chi connectivity index (χ4n) is 3.77. The first-order chi connectivity index (χ1) is 20.0. The third-order valence-corrected chi connectivity index (χ3v) is 5.36. The number of rotatable bonds is 8. The van der Waals surface area contributed by atoms with Crippen LogP contribution in [-0.4, -0.2) is 58.0 Å². The van der Waals surface area contributed by atoms with Gasteiger partial charge < -0.3 is 33.5 Å². The summed E-state index contributed by atoms with van der Waals surface area (Å²) in [7, 11) is 6.04. The van der Waals surface area contributed by atoms with Crippen LogP contribution in [0.25, 0.3) is 5.57 Å². The fraction of sp³-hybridized carbons (Fsp3) is 0.364. The highest BCUT2D eigenvalue weighted by Gasteiger charge is 2.28. The first-order valence-corrected chi connectivity index (χ1v) is 13.5. The molecule has 42 heavy (non-hydrogen) atoms. The molecule has 3 rings (SSSR count). The Hall–Kier alpha value is -4.37. The summed E-state index contributed by atoms with van der Waals surface area (Å²) >= 11 is 0. The van der Waals surface area contributed by atoms with E-state index < -0.39 is 17.8 Å². The molecule has 0 spiro atoms. The van der Waals surface area contributed by atoms with Crippen LogP contribution in [0.15, 0.2) is 67.8 Å². The number of methoxy groups -OCH3 is 4. The van der Waals surface area contributed by atoms with Gasteiger partial charge in [-0.1, -0.05) is 57.4 Å². The molecule has 1 atom stereocenters. The number of benzene rings is 2. The molecule has 9 nitrogen and oxygen atoms in total. The zero-order valence-corrected chi connectivity index (χ0v) is 26.2. The van der Waals surface area contributed by atoms with Crippen molar-refractivity contribution < 1.29 is 38.3 Å². The van der Waals surface area contributed by atoms with E-state index in [1.807, 2.05) is 32.1 Å². The average Bonchev–Trinajstić information content (AvgIpc) is 3.13. The zero-order chi connectivity index (χ0) is 31.9. The van der Waals surface area contributed by atoms with Gasteiger partial charge in [0.1, 0.15) is 24.1 Å². The molecule has 9 heteroatoms. The van der Waals surface area contributed by atoms with Crippen molar-refractivity contribution in [3.8, 4) is 28.7 Å². The molecule has 0 bridgehead atoms. The molecule has 0 radical (unpaired) electrons. The second-order valence-corrected chi connectivity index (χ2v) is 9.38. The zero-order valence-electron chi connectivity index (χ0n) is 26.2. The molecule has 2 aromatic rings. The molecule has 230 valence electrons. The molecular weight excluding hydrogens is 538 g/mol. The molecule has 0 aromatic heterocycles. The van der Waals surface area contributed by atoms with E-state index in [0.29, 0.717) is 51.1 Å². The lowest BCUT2D eigenvalue weighted by molar-refractivity contribution is 0.0635. The number of amides is 1. The number of hydrogen-bond donors (Lipinski definition) is 2. The molecule has 0 saturated carbocycles. The summed E-state index contributed by atoms with van der Waals surface area (Å²) in [6, 6.07) is 7.03. The second-order valence-electron chi connectivity index (χ2n) is 9.38. The Morgan fingerprint density at radius 1 is 0.952 bits per heavy atom. The molecule has 0 saturated heterocycles. The number of carbonyl (C=O) groups excluding carboxylic acids is 1. The van der Waals surface area contributed by atoms with Gasteiger partial charge in [-0.2, -0.15) is 0 Å². The summed E-state index contributed by atoms with van der Waals surface area (Å²) in [5, 5.41) is 13.3. The Morgan fingerprint density at radius 3 is 2.05 bits per heavy atom. The Labute approximate surface area is 250 Å².